The fraction of sp³-hybridized carbons (Fsp3) is 0.143. The average Bonchev–Trinajstić information content (AvgIpc) is 2.41. The molecule has 0 heterocycles. The molecule has 0 amide bonds. The Labute approximate surface area is 110 Å². The predicted molar refractivity (Wildman–Crippen MR) is 72.4 cm³/mol. The van der Waals surface area contributed by atoms with Crippen LogP contribution in [0, 0.1) is 10.1 Å². The molecule has 98 valence electrons. The van der Waals surface area contributed by atoms with E-state index in [4.69, 9.17) is 10.5 Å². The molecule has 0 spiro atoms. The molecule has 2 aromatic carbocycles. The number of benzene rings is 2. The highest BCUT2D eigenvalue weighted by Crippen LogP contribution is 2.25. The van der Waals surface area contributed by atoms with E-state index in [1.807, 2.05) is 30.3 Å². The highest BCUT2D eigenvalue weighted by atomic mass is 16.6. The Hall–Kier alpha value is -2.40. The second-order valence-electron chi connectivity index (χ2n) is 4.09. The molecule has 2 N–H and O–H groups in total. The zero-order valence-corrected chi connectivity index (χ0v) is 10.3. The zero-order valence-electron chi connectivity index (χ0n) is 10.3. The van der Waals surface area contributed by atoms with E-state index in [1.165, 1.54) is 6.07 Å². The van der Waals surface area contributed by atoms with E-state index in [2.05, 4.69) is 0 Å². The van der Waals surface area contributed by atoms with Crippen LogP contribution in [0.5, 0.6) is 0 Å². The predicted octanol–water partition coefficient (Wildman–Crippen LogP) is 2.89. The van der Waals surface area contributed by atoms with Crippen LogP contribution < -0.4 is 5.73 Å². The van der Waals surface area contributed by atoms with Gasteiger partial charge in [0.15, 0.2) is 0 Å². The third kappa shape index (κ3) is 3.29. The van der Waals surface area contributed by atoms with Crippen molar-refractivity contribution in [3.63, 3.8) is 0 Å². The van der Waals surface area contributed by atoms with E-state index in [9.17, 15) is 10.1 Å². The van der Waals surface area contributed by atoms with Gasteiger partial charge in [-0.3, -0.25) is 10.1 Å². The van der Waals surface area contributed by atoms with Crippen LogP contribution in [0.15, 0.2) is 48.5 Å². The molecule has 0 unspecified atom stereocenters. The largest absolute Gasteiger partial charge is 0.393 e. The molecule has 0 aliphatic heterocycles. The monoisotopic (exact) mass is 258 g/mol. The van der Waals surface area contributed by atoms with Crippen LogP contribution in [0.1, 0.15) is 11.1 Å². The number of nitrogens with zero attached hydrogens (tertiary/aromatic N) is 1. The van der Waals surface area contributed by atoms with Gasteiger partial charge in [0.05, 0.1) is 18.1 Å². The highest BCUT2D eigenvalue weighted by Gasteiger charge is 2.13. The van der Waals surface area contributed by atoms with E-state index < -0.39 is 4.92 Å². The molecule has 0 aliphatic rings. The first-order valence-corrected chi connectivity index (χ1v) is 5.82. The number of nitro groups is 1. The summed E-state index contributed by atoms with van der Waals surface area (Å²) in [4.78, 5) is 10.3. The molecule has 5 heteroatoms. The molecular formula is C14H14N2O3. The molecule has 0 saturated carbocycles. The van der Waals surface area contributed by atoms with Crippen LogP contribution in [-0.4, -0.2) is 4.92 Å². The van der Waals surface area contributed by atoms with Crippen molar-refractivity contribution in [1.29, 1.82) is 0 Å². The molecule has 2 aromatic rings. The maximum atomic E-state index is 10.8. The molecule has 0 fully saturated rings. The fourth-order valence-electron chi connectivity index (χ4n) is 1.74. The Kier molecular flexibility index (Phi) is 4.10. The van der Waals surface area contributed by atoms with Crippen molar-refractivity contribution in [3.05, 3.63) is 69.8 Å². The van der Waals surface area contributed by atoms with Gasteiger partial charge in [0.25, 0.3) is 5.69 Å². The van der Waals surface area contributed by atoms with Gasteiger partial charge in [0, 0.05) is 11.6 Å². The number of nitrogens with two attached hydrogens (primary N) is 1. The van der Waals surface area contributed by atoms with Crippen molar-refractivity contribution in [2.24, 2.45) is 0 Å². The maximum absolute atomic E-state index is 10.8. The Bertz CT molecular complexity index is 570. The SMILES string of the molecule is Nc1c(COCc2ccccc2)cccc1[N+](=O)[O-]. The maximum Gasteiger partial charge on any atom is 0.292 e. The minimum absolute atomic E-state index is 0.0826. The van der Waals surface area contributed by atoms with Gasteiger partial charge >= 0.3 is 0 Å². The summed E-state index contributed by atoms with van der Waals surface area (Å²) >= 11 is 0. The summed E-state index contributed by atoms with van der Waals surface area (Å²) in [6, 6.07) is 14.4. The van der Waals surface area contributed by atoms with E-state index in [-0.39, 0.29) is 18.0 Å². The summed E-state index contributed by atoms with van der Waals surface area (Å²) in [6.07, 6.45) is 0. The summed E-state index contributed by atoms with van der Waals surface area (Å²) in [6.45, 7) is 0.700. The fourth-order valence-corrected chi connectivity index (χ4v) is 1.74. The van der Waals surface area contributed by atoms with Gasteiger partial charge < -0.3 is 10.5 Å². The number of nitrogen functional groups attached to an aromatic ring is 1. The van der Waals surface area contributed by atoms with Crippen molar-refractivity contribution < 1.29 is 9.66 Å². The van der Waals surface area contributed by atoms with Crippen molar-refractivity contribution in [3.8, 4) is 0 Å². The summed E-state index contributed by atoms with van der Waals surface area (Å²) in [5.74, 6) is 0. The lowest BCUT2D eigenvalue weighted by Gasteiger charge is -2.07. The van der Waals surface area contributed by atoms with Gasteiger partial charge in [0.2, 0.25) is 0 Å². The van der Waals surface area contributed by atoms with Crippen LogP contribution in [0.2, 0.25) is 0 Å². The van der Waals surface area contributed by atoms with Crippen LogP contribution in [0.4, 0.5) is 11.4 Å². The molecule has 0 atom stereocenters. The van der Waals surface area contributed by atoms with Crippen LogP contribution >= 0.6 is 0 Å². The summed E-state index contributed by atoms with van der Waals surface area (Å²) in [7, 11) is 0. The van der Waals surface area contributed by atoms with Gasteiger partial charge in [0.1, 0.15) is 5.69 Å². The molecule has 0 aliphatic carbocycles. The van der Waals surface area contributed by atoms with Crippen molar-refractivity contribution >= 4 is 11.4 Å². The third-order valence-electron chi connectivity index (χ3n) is 2.74. The number of hydrogen-bond donors (Lipinski definition) is 1. The quantitative estimate of drug-likeness (QED) is 0.508. The summed E-state index contributed by atoms with van der Waals surface area (Å²) < 4.78 is 5.52. The third-order valence-corrected chi connectivity index (χ3v) is 2.74. The molecule has 2 rings (SSSR count). The lowest BCUT2D eigenvalue weighted by atomic mass is 10.1. The number of anilines is 1. The molecular weight excluding hydrogens is 244 g/mol. The minimum atomic E-state index is -0.490. The van der Waals surface area contributed by atoms with E-state index in [0.717, 1.165) is 5.56 Å². The first-order chi connectivity index (χ1) is 9.18. The average molecular weight is 258 g/mol. The lowest BCUT2D eigenvalue weighted by Crippen LogP contribution is -2.02. The van der Waals surface area contributed by atoms with E-state index in [0.29, 0.717) is 12.2 Å². The Morgan fingerprint density at radius 2 is 1.79 bits per heavy atom. The zero-order chi connectivity index (χ0) is 13.7. The summed E-state index contributed by atoms with van der Waals surface area (Å²) in [5.41, 5.74) is 7.50. The topological polar surface area (TPSA) is 78.4 Å². The van der Waals surface area contributed by atoms with Crippen molar-refractivity contribution in [2.75, 3.05) is 5.73 Å². The standard InChI is InChI=1S/C14H14N2O3/c15-14-12(7-4-8-13(14)16(17)18)10-19-9-11-5-2-1-3-6-11/h1-8H,9-10,15H2. The second-order valence-corrected chi connectivity index (χ2v) is 4.09. The van der Waals surface area contributed by atoms with Gasteiger partial charge in [-0.05, 0) is 5.56 Å². The molecule has 0 saturated heterocycles. The number of ether oxygens (including phenoxy) is 1. The number of hydrogen-bond acceptors (Lipinski definition) is 4. The lowest BCUT2D eigenvalue weighted by molar-refractivity contribution is -0.384. The smallest absolute Gasteiger partial charge is 0.292 e. The second kappa shape index (κ2) is 5.97. The highest BCUT2D eigenvalue weighted by molar-refractivity contribution is 5.62. The van der Waals surface area contributed by atoms with Crippen LogP contribution in [0.25, 0.3) is 0 Å². The number of para-hydroxylation sites is 1. The Morgan fingerprint density at radius 3 is 2.47 bits per heavy atom. The normalized spacial score (nSPS) is 10.3. The van der Waals surface area contributed by atoms with Gasteiger partial charge in [-0.15, -0.1) is 0 Å². The van der Waals surface area contributed by atoms with E-state index in [1.54, 1.807) is 12.1 Å². The molecule has 0 radical (unpaired) electrons. The van der Waals surface area contributed by atoms with Gasteiger partial charge in [-0.1, -0.05) is 42.5 Å². The Balaban J connectivity index is 2.00. The van der Waals surface area contributed by atoms with Gasteiger partial charge in [-0.2, -0.15) is 0 Å². The Morgan fingerprint density at radius 1 is 1.05 bits per heavy atom. The molecule has 5 nitrogen and oxygen atoms in total. The first-order valence-electron chi connectivity index (χ1n) is 5.82. The molecule has 0 bridgehead atoms. The van der Waals surface area contributed by atoms with E-state index >= 15 is 0 Å². The van der Waals surface area contributed by atoms with Crippen molar-refractivity contribution in [1.82, 2.24) is 0 Å². The minimum Gasteiger partial charge on any atom is -0.393 e. The number of nitro benzene ring substituents is 1. The first kappa shape index (κ1) is 13.0. The van der Waals surface area contributed by atoms with Crippen LogP contribution in [-0.2, 0) is 18.0 Å². The molecule has 0 aromatic heterocycles. The van der Waals surface area contributed by atoms with Gasteiger partial charge in [-0.25, -0.2) is 0 Å². The van der Waals surface area contributed by atoms with Crippen molar-refractivity contribution in [2.45, 2.75) is 13.2 Å². The number of rotatable bonds is 5. The summed E-state index contributed by atoms with van der Waals surface area (Å²) in [5, 5.41) is 10.8. The molecule has 19 heavy (non-hydrogen) atoms. The van der Waals surface area contributed by atoms with Crippen LogP contribution in [0.3, 0.4) is 0 Å².